The summed E-state index contributed by atoms with van der Waals surface area (Å²) in [5, 5.41) is 10.2. The van der Waals surface area contributed by atoms with Crippen LogP contribution < -0.4 is 10.6 Å². The summed E-state index contributed by atoms with van der Waals surface area (Å²) in [7, 11) is 0. The summed E-state index contributed by atoms with van der Waals surface area (Å²) in [6.07, 6.45) is 3.18. The molecule has 1 atom stereocenters. The monoisotopic (exact) mass is 361 g/mol. The highest BCUT2D eigenvalue weighted by Gasteiger charge is 2.22. The van der Waals surface area contributed by atoms with E-state index in [9.17, 15) is 4.79 Å². The minimum atomic E-state index is -0.0982. The third kappa shape index (κ3) is 4.88. The molecule has 120 valence electrons. The Morgan fingerprint density at radius 3 is 3.00 bits per heavy atom. The first kappa shape index (κ1) is 18.8. The van der Waals surface area contributed by atoms with Crippen molar-refractivity contribution < 1.29 is 4.79 Å². The van der Waals surface area contributed by atoms with E-state index in [-0.39, 0.29) is 36.8 Å². The van der Waals surface area contributed by atoms with Crippen LogP contribution in [-0.2, 0) is 11.3 Å². The van der Waals surface area contributed by atoms with Crippen LogP contribution in [0.3, 0.4) is 0 Å². The van der Waals surface area contributed by atoms with Gasteiger partial charge < -0.3 is 5.32 Å². The summed E-state index contributed by atoms with van der Waals surface area (Å²) in [6, 6.07) is 7.69. The molecular weight excluding hydrogens is 345 g/mol. The zero-order valence-electron chi connectivity index (χ0n) is 11.6. The van der Waals surface area contributed by atoms with Crippen LogP contribution in [0.2, 0.25) is 0 Å². The molecule has 1 aromatic heterocycles. The minimum Gasteiger partial charge on any atom is -0.325 e. The molecule has 1 aliphatic heterocycles. The largest absolute Gasteiger partial charge is 0.325 e. The molecule has 1 fully saturated rings. The van der Waals surface area contributed by atoms with Crippen molar-refractivity contribution >= 4 is 48.2 Å². The highest BCUT2D eigenvalue weighted by molar-refractivity contribution is 7.99. The van der Waals surface area contributed by atoms with Gasteiger partial charge in [0.2, 0.25) is 5.91 Å². The van der Waals surface area contributed by atoms with Crippen molar-refractivity contribution in [2.24, 2.45) is 0 Å². The number of nitrogens with one attached hydrogen (secondary N) is 2. The van der Waals surface area contributed by atoms with Gasteiger partial charge in [-0.1, -0.05) is 12.1 Å². The van der Waals surface area contributed by atoms with E-state index in [0.29, 0.717) is 6.54 Å². The molecule has 22 heavy (non-hydrogen) atoms. The fourth-order valence-electron chi connectivity index (χ4n) is 2.04. The third-order valence-corrected chi connectivity index (χ3v) is 3.98. The van der Waals surface area contributed by atoms with Gasteiger partial charge in [0.05, 0.1) is 12.6 Å². The van der Waals surface area contributed by atoms with Gasteiger partial charge in [0, 0.05) is 17.3 Å². The molecule has 2 N–H and O–H groups in total. The Kier molecular flexibility index (Phi) is 7.67. The van der Waals surface area contributed by atoms with Gasteiger partial charge >= 0.3 is 0 Å². The first-order valence-corrected chi connectivity index (χ1v) is 7.50. The molecule has 0 saturated carbocycles. The Morgan fingerprint density at radius 2 is 2.32 bits per heavy atom. The maximum Gasteiger partial charge on any atom is 0.242 e. The van der Waals surface area contributed by atoms with Gasteiger partial charge in [-0.2, -0.15) is 5.10 Å². The van der Waals surface area contributed by atoms with Crippen LogP contribution >= 0.6 is 36.6 Å². The summed E-state index contributed by atoms with van der Waals surface area (Å²) >= 11 is 1.74. The molecule has 1 aromatic carbocycles. The number of halogens is 2. The number of carbonyl (C=O) groups is 1. The standard InChI is InChI=1S/C13H15N5OS.2ClH/c19-13(12-6-20-9-15-12)17-11-3-1-2-10(4-11)5-18-8-14-7-16-18;;/h1-4,7-8,12,15H,5-6,9H2,(H,17,19);2*1H. The maximum atomic E-state index is 12.0. The lowest BCUT2D eigenvalue weighted by atomic mass is 10.2. The van der Waals surface area contributed by atoms with Crippen LogP contribution in [0.5, 0.6) is 0 Å². The number of hydrogen-bond acceptors (Lipinski definition) is 5. The molecule has 3 rings (SSSR count). The van der Waals surface area contributed by atoms with Gasteiger partial charge in [-0.3, -0.25) is 10.1 Å². The van der Waals surface area contributed by atoms with Gasteiger partial charge in [-0.05, 0) is 17.7 Å². The molecule has 2 heterocycles. The molecule has 2 aromatic rings. The van der Waals surface area contributed by atoms with Gasteiger partial charge in [0.25, 0.3) is 0 Å². The van der Waals surface area contributed by atoms with E-state index in [4.69, 9.17) is 0 Å². The Bertz CT molecular complexity index is 590. The fraction of sp³-hybridized carbons (Fsp3) is 0.308. The van der Waals surface area contributed by atoms with E-state index in [1.54, 1.807) is 22.8 Å². The van der Waals surface area contributed by atoms with Crippen LogP contribution in [-0.4, -0.2) is 38.3 Å². The second kappa shape index (κ2) is 8.99. The van der Waals surface area contributed by atoms with Crippen molar-refractivity contribution in [2.45, 2.75) is 12.6 Å². The topological polar surface area (TPSA) is 71.8 Å². The van der Waals surface area contributed by atoms with E-state index >= 15 is 0 Å². The highest BCUT2D eigenvalue weighted by Crippen LogP contribution is 2.15. The lowest BCUT2D eigenvalue weighted by Crippen LogP contribution is -2.37. The quantitative estimate of drug-likeness (QED) is 0.868. The molecule has 1 amide bonds. The fourth-order valence-corrected chi connectivity index (χ4v) is 2.98. The highest BCUT2D eigenvalue weighted by atomic mass is 35.5. The van der Waals surface area contributed by atoms with Gasteiger partial charge in [-0.25, -0.2) is 9.67 Å². The van der Waals surface area contributed by atoms with Gasteiger partial charge in [-0.15, -0.1) is 36.6 Å². The number of aromatic nitrogens is 3. The molecule has 0 spiro atoms. The second-order valence-electron chi connectivity index (χ2n) is 4.55. The van der Waals surface area contributed by atoms with Crippen LogP contribution in [0.25, 0.3) is 0 Å². The van der Waals surface area contributed by atoms with Crippen LogP contribution in [0.4, 0.5) is 5.69 Å². The smallest absolute Gasteiger partial charge is 0.242 e. The zero-order valence-corrected chi connectivity index (χ0v) is 14.1. The number of thioether (sulfide) groups is 1. The van der Waals surface area contributed by atoms with Crippen molar-refractivity contribution in [3.8, 4) is 0 Å². The Labute approximate surface area is 145 Å². The second-order valence-corrected chi connectivity index (χ2v) is 5.58. The van der Waals surface area contributed by atoms with E-state index in [1.807, 2.05) is 24.3 Å². The predicted molar refractivity (Wildman–Crippen MR) is 92.9 cm³/mol. The average Bonchev–Trinajstić information content (AvgIpc) is 3.12. The van der Waals surface area contributed by atoms with Crippen LogP contribution in [0.15, 0.2) is 36.9 Å². The first-order chi connectivity index (χ1) is 9.81. The lowest BCUT2D eigenvalue weighted by molar-refractivity contribution is -0.117. The van der Waals surface area contributed by atoms with E-state index in [1.165, 1.54) is 6.33 Å². The minimum absolute atomic E-state index is 0. The van der Waals surface area contributed by atoms with Crippen LogP contribution in [0, 0.1) is 0 Å². The number of amides is 1. The number of hydrogen-bond donors (Lipinski definition) is 2. The normalized spacial score (nSPS) is 16.5. The van der Waals surface area contributed by atoms with Crippen molar-refractivity contribution in [3.05, 3.63) is 42.5 Å². The molecule has 0 aliphatic carbocycles. The Morgan fingerprint density at radius 1 is 1.45 bits per heavy atom. The number of anilines is 1. The first-order valence-electron chi connectivity index (χ1n) is 6.34. The number of rotatable bonds is 4. The lowest BCUT2D eigenvalue weighted by Gasteiger charge is -2.11. The van der Waals surface area contributed by atoms with E-state index in [2.05, 4.69) is 20.7 Å². The van der Waals surface area contributed by atoms with E-state index in [0.717, 1.165) is 22.9 Å². The average molecular weight is 362 g/mol. The summed E-state index contributed by atoms with van der Waals surface area (Å²) in [6.45, 7) is 0.640. The van der Waals surface area contributed by atoms with Gasteiger partial charge in [0.1, 0.15) is 12.7 Å². The molecule has 0 radical (unpaired) electrons. The Hall–Kier alpha value is -1.28. The maximum absolute atomic E-state index is 12.0. The van der Waals surface area contributed by atoms with Crippen molar-refractivity contribution in [3.63, 3.8) is 0 Å². The summed E-state index contributed by atoms with van der Waals surface area (Å²) in [5.41, 5.74) is 1.88. The molecule has 0 bridgehead atoms. The zero-order chi connectivity index (χ0) is 13.8. The molecule has 1 unspecified atom stereocenters. The molecule has 6 nitrogen and oxygen atoms in total. The number of nitrogens with zero attached hydrogens (tertiary/aromatic N) is 3. The van der Waals surface area contributed by atoms with Crippen molar-refractivity contribution in [1.82, 2.24) is 20.1 Å². The number of benzene rings is 1. The van der Waals surface area contributed by atoms with Crippen molar-refractivity contribution in [1.29, 1.82) is 0 Å². The summed E-state index contributed by atoms with van der Waals surface area (Å²) < 4.78 is 1.75. The molecule has 9 heteroatoms. The summed E-state index contributed by atoms with van der Waals surface area (Å²) in [4.78, 5) is 15.9. The molecule has 1 aliphatic rings. The van der Waals surface area contributed by atoms with Gasteiger partial charge in [0.15, 0.2) is 0 Å². The SMILES string of the molecule is Cl.Cl.O=C(Nc1cccc(Cn2cncn2)c1)C1CSCN1. The Balaban J connectivity index is 0.00000121. The molecule has 1 saturated heterocycles. The number of carbonyl (C=O) groups excluding carboxylic acids is 1. The van der Waals surface area contributed by atoms with Crippen molar-refractivity contribution in [2.75, 3.05) is 16.9 Å². The predicted octanol–water partition coefficient (Wildman–Crippen LogP) is 1.77. The molecular formula is C13H17Cl2N5OS. The van der Waals surface area contributed by atoms with Crippen LogP contribution in [0.1, 0.15) is 5.56 Å². The van der Waals surface area contributed by atoms with E-state index < -0.39 is 0 Å². The third-order valence-electron chi connectivity index (χ3n) is 3.04. The summed E-state index contributed by atoms with van der Waals surface area (Å²) in [5.74, 6) is 1.68.